The van der Waals surface area contributed by atoms with Crippen LogP contribution in [0.15, 0.2) is 85.1 Å². The van der Waals surface area contributed by atoms with Crippen LogP contribution in [-0.2, 0) is 16.1 Å². The minimum atomic E-state index is -0.540. The molecule has 0 radical (unpaired) electrons. The lowest BCUT2D eigenvalue weighted by atomic mass is 9.97. The van der Waals surface area contributed by atoms with E-state index in [9.17, 15) is 14.7 Å². The number of fused-ring (bicyclic) bond motifs is 1. The molecule has 1 atom stereocenters. The molecule has 1 N–H and O–H groups in total. The number of aromatic hydroxyl groups is 1. The van der Waals surface area contributed by atoms with Gasteiger partial charge in [0.05, 0.1) is 11.6 Å². The zero-order valence-corrected chi connectivity index (χ0v) is 16.2. The topological polar surface area (TPSA) is 62.5 Å². The number of carbonyl (C=O) groups excluding carboxylic acids is 2. The summed E-state index contributed by atoms with van der Waals surface area (Å²) in [6.07, 6.45) is 2.12. The van der Waals surface area contributed by atoms with E-state index in [4.69, 9.17) is 0 Å². The van der Waals surface area contributed by atoms with Crippen molar-refractivity contribution in [3.05, 3.63) is 96.2 Å². The first-order chi connectivity index (χ1) is 14.6. The molecule has 30 heavy (non-hydrogen) atoms. The van der Waals surface area contributed by atoms with Crippen molar-refractivity contribution in [2.24, 2.45) is 0 Å². The van der Waals surface area contributed by atoms with Gasteiger partial charge in [-0.1, -0.05) is 54.6 Å². The highest BCUT2D eigenvalue weighted by atomic mass is 16.3. The fraction of sp³-hybridized carbons (Fsp3) is 0.120. The molecule has 1 saturated heterocycles. The Hall–Kier alpha value is -3.86. The van der Waals surface area contributed by atoms with Gasteiger partial charge in [0.25, 0.3) is 0 Å². The van der Waals surface area contributed by atoms with Crippen molar-refractivity contribution in [1.82, 2.24) is 4.57 Å². The van der Waals surface area contributed by atoms with Crippen LogP contribution in [0.4, 0.5) is 5.69 Å². The summed E-state index contributed by atoms with van der Waals surface area (Å²) >= 11 is 0. The van der Waals surface area contributed by atoms with Gasteiger partial charge in [-0.3, -0.25) is 9.59 Å². The number of para-hydroxylation sites is 1. The lowest BCUT2D eigenvalue weighted by Crippen LogP contribution is -2.29. The molecule has 0 bridgehead atoms. The highest BCUT2D eigenvalue weighted by Gasteiger charge is 2.41. The van der Waals surface area contributed by atoms with Crippen molar-refractivity contribution in [2.75, 3.05) is 4.90 Å². The van der Waals surface area contributed by atoms with Gasteiger partial charge in [-0.25, -0.2) is 4.90 Å². The van der Waals surface area contributed by atoms with Gasteiger partial charge in [-0.2, -0.15) is 0 Å². The second-order valence-corrected chi connectivity index (χ2v) is 7.56. The molecule has 3 aromatic carbocycles. The first kappa shape index (κ1) is 18.2. The number of phenolic OH excluding ortho intramolecular Hbond substituents is 1. The summed E-state index contributed by atoms with van der Waals surface area (Å²) in [6.45, 7) is 0.687. The zero-order valence-electron chi connectivity index (χ0n) is 16.2. The van der Waals surface area contributed by atoms with Gasteiger partial charge in [0.15, 0.2) is 0 Å². The van der Waals surface area contributed by atoms with E-state index in [1.165, 1.54) is 22.6 Å². The summed E-state index contributed by atoms with van der Waals surface area (Å²) in [6, 6.07) is 24.4. The number of nitrogens with zero attached hydrogens (tertiary/aromatic N) is 2. The predicted molar refractivity (Wildman–Crippen MR) is 115 cm³/mol. The van der Waals surface area contributed by atoms with E-state index >= 15 is 0 Å². The maximum Gasteiger partial charge on any atom is 0.241 e. The summed E-state index contributed by atoms with van der Waals surface area (Å²) in [5.41, 5.74) is 3.47. The highest BCUT2D eigenvalue weighted by Crippen LogP contribution is 2.38. The molecule has 1 unspecified atom stereocenters. The van der Waals surface area contributed by atoms with Crippen molar-refractivity contribution in [1.29, 1.82) is 0 Å². The number of benzene rings is 3. The third-order valence-corrected chi connectivity index (χ3v) is 5.63. The van der Waals surface area contributed by atoms with Crippen LogP contribution in [0.3, 0.4) is 0 Å². The smallest absolute Gasteiger partial charge is 0.241 e. The van der Waals surface area contributed by atoms with E-state index in [1.54, 1.807) is 12.1 Å². The second-order valence-electron chi connectivity index (χ2n) is 7.56. The number of rotatable bonds is 4. The predicted octanol–water partition coefficient (Wildman–Crippen LogP) is 4.44. The van der Waals surface area contributed by atoms with Crippen LogP contribution in [-0.4, -0.2) is 21.5 Å². The molecule has 0 spiro atoms. The Kier molecular flexibility index (Phi) is 4.36. The third-order valence-electron chi connectivity index (χ3n) is 5.63. The molecule has 1 aromatic heterocycles. The highest BCUT2D eigenvalue weighted by molar-refractivity contribution is 6.23. The summed E-state index contributed by atoms with van der Waals surface area (Å²) in [5, 5.41) is 10.7. The van der Waals surface area contributed by atoms with Crippen molar-refractivity contribution >= 4 is 28.4 Å². The van der Waals surface area contributed by atoms with Crippen LogP contribution in [0.5, 0.6) is 5.75 Å². The normalized spacial score (nSPS) is 16.5. The average Bonchev–Trinajstić information content (AvgIpc) is 3.25. The number of hydrogen-bond donors (Lipinski definition) is 1. The summed E-state index contributed by atoms with van der Waals surface area (Å²) in [5.74, 6) is -1.03. The van der Waals surface area contributed by atoms with Crippen LogP contribution in [0, 0.1) is 0 Å². The van der Waals surface area contributed by atoms with E-state index in [-0.39, 0.29) is 24.0 Å². The van der Waals surface area contributed by atoms with Crippen LogP contribution in [0.25, 0.3) is 10.9 Å². The van der Waals surface area contributed by atoms with Crippen molar-refractivity contribution in [2.45, 2.75) is 18.9 Å². The lowest BCUT2D eigenvalue weighted by molar-refractivity contribution is -0.121. The quantitative estimate of drug-likeness (QED) is 0.519. The Morgan fingerprint density at radius 1 is 0.900 bits per heavy atom. The molecule has 4 aromatic rings. The fourth-order valence-electron chi connectivity index (χ4n) is 4.24. The molecule has 5 heteroatoms. The van der Waals surface area contributed by atoms with E-state index in [0.717, 1.165) is 16.5 Å². The molecule has 1 aliphatic heterocycles. The Morgan fingerprint density at radius 2 is 1.67 bits per heavy atom. The summed E-state index contributed by atoms with van der Waals surface area (Å²) in [7, 11) is 0. The number of amides is 2. The van der Waals surface area contributed by atoms with Gasteiger partial charge in [0.1, 0.15) is 5.75 Å². The van der Waals surface area contributed by atoms with Crippen LogP contribution in [0.2, 0.25) is 0 Å². The molecule has 5 rings (SSSR count). The van der Waals surface area contributed by atoms with Gasteiger partial charge >= 0.3 is 0 Å². The molecular formula is C25H20N2O3. The number of anilines is 1. The minimum absolute atomic E-state index is 0.0241. The molecule has 2 heterocycles. The third kappa shape index (κ3) is 3.05. The standard InChI is InChI=1S/C25H20N2O3/c28-19-10-6-9-18(13-19)27-24(29)14-21(25(27)30)22-16-26(15-17-7-2-1-3-8-17)23-12-5-4-11-20(22)23/h1-13,16,21,28H,14-15H2. The lowest BCUT2D eigenvalue weighted by Gasteiger charge is -2.15. The van der Waals surface area contributed by atoms with Crippen LogP contribution < -0.4 is 4.90 Å². The van der Waals surface area contributed by atoms with E-state index < -0.39 is 5.92 Å². The summed E-state index contributed by atoms with van der Waals surface area (Å²) < 4.78 is 2.13. The first-order valence-corrected chi connectivity index (χ1v) is 9.89. The van der Waals surface area contributed by atoms with Gasteiger partial charge < -0.3 is 9.67 Å². The average molecular weight is 396 g/mol. The molecule has 1 aliphatic rings. The maximum atomic E-state index is 13.3. The number of aromatic nitrogens is 1. The van der Waals surface area contributed by atoms with Gasteiger partial charge in [-0.15, -0.1) is 0 Å². The molecular weight excluding hydrogens is 376 g/mol. The Labute approximate surface area is 173 Å². The molecule has 148 valence electrons. The monoisotopic (exact) mass is 396 g/mol. The van der Waals surface area contributed by atoms with Crippen molar-refractivity contribution < 1.29 is 14.7 Å². The van der Waals surface area contributed by atoms with Crippen molar-refractivity contribution in [3.63, 3.8) is 0 Å². The number of carbonyl (C=O) groups is 2. The number of phenols is 1. The van der Waals surface area contributed by atoms with Gasteiger partial charge in [0.2, 0.25) is 11.8 Å². The summed E-state index contributed by atoms with van der Waals surface area (Å²) in [4.78, 5) is 27.2. The van der Waals surface area contributed by atoms with E-state index in [0.29, 0.717) is 12.2 Å². The number of imide groups is 1. The largest absolute Gasteiger partial charge is 0.508 e. The Bertz CT molecular complexity index is 1260. The molecule has 0 aliphatic carbocycles. The first-order valence-electron chi connectivity index (χ1n) is 9.89. The van der Waals surface area contributed by atoms with Gasteiger partial charge in [-0.05, 0) is 29.3 Å². The molecule has 1 fully saturated rings. The van der Waals surface area contributed by atoms with Crippen LogP contribution in [0.1, 0.15) is 23.5 Å². The molecule has 2 amide bonds. The maximum absolute atomic E-state index is 13.3. The van der Waals surface area contributed by atoms with Crippen molar-refractivity contribution in [3.8, 4) is 5.75 Å². The molecule has 0 saturated carbocycles. The van der Waals surface area contributed by atoms with Gasteiger partial charge in [0, 0.05) is 36.1 Å². The minimum Gasteiger partial charge on any atom is -0.508 e. The fourth-order valence-corrected chi connectivity index (χ4v) is 4.24. The SMILES string of the molecule is O=C1CC(c2cn(Cc3ccccc3)c3ccccc23)C(=O)N1c1cccc(O)c1. The van der Waals surface area contributed by atoms with E-state index in [2.05, 4.69) is 16.7 Å². The second kappa shape index (κ2) is 7.19. The zero-order chi connectivity index (χ0) is 20.7. The van der Waals surface area contributed by atoms with Crippen LogP contribution >= 0.6 is 0 Å². The Balaban J connectivity index is 1.55. The number of hydrogen-bond acceptors (Lipinski definition) is 3. The Morgan fingerprint density at radius 3 is 2.47 bits per heavy atom. The molecule has 5 nitrogen and oxygen atoms in total. The van der Waals surface area contributed by atoms with E-state index in [1.807, 2.05) is 48.7 Å².